The van der Waals surface area contributed by atoms with E-state index in [9.17, 15) is 5.26 Å². The molecule has 1 fully saturated rings. The smallest absolute Gasteiger partial charge is 0.102 e. The number of piperazine rings is 1. The Kier molecular flexibility index (Phi) is 4.57. The summed E-state index contributed by atoms with van der Waals surface area (Å²) in [6.45, 7) is 13.7. The molecule has 0 aromatic carbocycles. The first kappa shape index (κ1) is 13.6. The summed E-state index contributed by atoms with van der Waals surface area (Å²) in [4.78, 5) is 2.17. The number of hydrogen-bond donors (Lipinski definition) is 1. The lowest BCUT2D eigenvalue weighted by atomic mass is 9.92. The topological polar surface area (TPSA) is 39.1 Å². The van der Waals surface area contributed by atoms with Crippen molar-refractivity contribution in [1.29, 1.82) is 5.26 Å². The summed E-state index contributed by atoms with van der Waals surface area (Å²) in [6, 6.07) is 2.27. The molecule has 0 aliphatic carbocycles. The van der Waals surface area contributed by atoms with E-state index in [4.69, 9.17) is 0 Å². The Balaban J connectivity index is 2.97. The van der Waals surface area contributed by atoms with E-state index >= 15 is 0 Å². The summed E-state index contributed by atoms with van der Waals surface area (Å²) < 4.78 is 0. The fourth-order valence-electron chi connectivity index (χ4n) is 1.85. The van der Waals surface area contributed by atoms with Crippen LogP contribution in [0.1, 0.15) is 20.8 Å². The van der Waals surface area contributed by atoms with Crippen LogP contribution in [-0.2, 0) is 0 Å². The second-order valence-corrected chi connectivity index (χ2v) is 5.30. The number of rotatable bonds is 2. The van der Waals surface area contributed by atoms with Crippen molar-refractivity contribution in [3.05, 3.63) is 29.7 Å². The molecule has 0 spiro atoms. The molecule has 1 N–H and O–H groups in total. The van der Waals surface area contributed by atoms with E-state index in [1.54, 1.807) is 0 Å². The Hall–Kier alpha value is -1.49. The van der Waals surface area contributed by atoms with Gasteiger partial charge < -0.3 is 10.2 Å². The molecule has 1 rings (SSSR count). The first-order chi connectivity index (χ1) is 7.98. The molecule has 92 valence electrons. The number of hydrogen-bond acceptors (Lipinski definition) is 3. The van der Waals surface area contributed by atoms with Gasteiger partial charge in [-0.15, -0.1) is 5.73 Å². The second kappa shape index (κ2) is 5.72. The van der Waals surface area contributed by atoms with Gasteiger partial charge in [0.2, 0.25) is 0 Å². The number of nitriles is 1. The Bertz CT molecular complexity index is 381. The lowest BCUT2D eigenvalue weighted by Gasteiger charge is -2.30. The van der Waals surface area contributed by atoms with Crippen LogP contribution in [0, 0.1) is 16.7 Å². The minimum Gasteiger partial charge on any atom is -0.362 e. The van der Waals surface area contributed by atoms with Crippen molar-refractivity contribution < 1.29 is 0 Å². The highest BCUT2D eigenvalue weighted by Gasteiger charge is 2.18. The van der Waals surface area contributed by atoms with Crippen LogP contribution in [0.2, 0.25) is 0 Å². The summed E-state index contributed by atoms with van der Waals surface area (Å²) in [5.74, 6) is 0. The highest BCUT2D eigenvalue weighted by Crippen LogP contribution is 2.22. The monoisotopic (exact) mass is 231 g/mol. The van der Waals surface area contributed by atoms with E-state index in [1.165, 1.54) is 0 Å². The molecule has 0 atom stereocenters. The SMILES string of the molecule is C=C=C(/C(C#N)=C/C(C)(C)C)N1CCNCC1. The lowest BCUT2D eigenvalue weighted by Crippen LogP contribution is -2.43. The quantitative estimate of drug-likeness (QED) is 0.449. The Morgan fingerprint density at radius 3 is 2.35 bits per heavy atom. The van der Waals surface area contributed by atoms with Gasteiger partial charge in [0.25, 0.3) is 0 Å². The van der Waals surface area contributed by atoms with Crippen LogP contribution in [0.4, 0.5) is 0 Å². The largest absolute Gasteiger partial charge is 0.362 e. The van der Waals surface area contributed by atoms with Crippen molar-refractivity contribution in [2.75, 3.05) is 26.2 Å². The molecule has 1 saturated heterocycles. The van der Waals surface area contributed by atoms with Gasteiger partial charge >= 0.3 is 0 Å². The van der Waals surface area contributed by atoms with Crippen molar-refractivity contribution in [1.82, 2.24) is 10.2 Å². The van der Waals surface area contributed by atoms with Gasteiger partial charge in [0.1, 0.15) is 6.07 Å². The first-order valence-corrected chi connectivity index (χ1v) is 5.97. The molecule has 0 amide bonds. The third kappa shape index (κ3) is 4.11. The molecule has 1 aliphatic heterocycles. The molecule has 0 saturated carbocycles. The Morgan fingerprint density at radius 2 is 1.94 bits per heavy atom. The summed E-state index contributed by atoms with van der Waals surface area (Å²) >= 11 is 0. The van der Waals surface area contributed by atoms with E-state index in [2.05, 4.69) is 49.4 Å². The van der Waals surface area contributed by atoms with Gasteiger partial charge in [0.05, 0.1) is 11.3 Å². The predicted molar refractivity (Wildman–Crippen MR) is 70.2 cm³/mol. The molecular formula is C14H21N3. The maximum Gasteiger partial charge on any atom is 0.102 e. The predicted octanol–water partition coefficient (Wildman–Crippen LogP) is 2.06. The van der Waals surface area contributed by atoms with Crippen molar-refractivity contribution in [3.8, 4) is 6.07 Å². The summed E-state index contributed by atoms with van der Waals surface area (Å²) in [7, 11) is 0. The Labute approximate surface area is 104 Å². The second-order valence-electron chi connectivity index (χ2n) is 5.30. The molecule has 1 aliphatic rings. The molecule has 3 heteroatoms. The van der Waals surface area contributed by atoms with Crippen LogP contribution < -0.4 is 5.32 Å². The fourth-order valence-corrected chi connectivity index (χ4v) is 1.85. The maximum absolute atomic E-state index is 9.27. The molecular weight excluding hydrogens is 210 g/mol. The molecule has 0 aromatic rings. The molecule has 3 nitrogen and oxygen atoms in total. The molecule has 17 heavy (non-hydrogen) atoms. The van der Waals surface area contributed by atoms with Gasteiger partial charge in [-0.25, -0.2) is 0 Å². The highest BCUT2D eigenvalue weighted by atomic mass is 15.2. The average Bonchev–Trinajstić information content (AvgIpc) is 2.28. The zero-order chi connectivity index (χ0) is 12.9. The van der Waals surface area contributed by atoms with Crippen molar-refractivity contribution in [2.24, 2.45) is 5.41 Å². The molecule has 0 aromatic heterocycles. The zero-order valence-corrected chi connectivity index (χ0v) is 11.0. The first-order valence-electron chi connectivity index (χ1n) is 5.97. The molecule has 0 radical (unpaired) electrons. The number of allylic oxidation sites excluding steroid dienone is 2. The van der Waals surface area contributed by atoms with Crippen LogP contribution in [-0.4, -0.2) is 31.1 Å². The summed E-state index contributed by atoms with van der Waals surface area (Å²) in [6.07, 6.45) is 1.99. The van der Waals surface area contributed by atoms with Gasteiger partial charge in [0.15, 0.2) is 0 Å². The van der Waals surface area contributed by atoms with Crippen LogP contribution in [0.5, 0.6) is 0 Å². The van der Waals surface area contributed by atoms with Crippen LogP contribution in [0.25, 0.3) is 0 Å². The van der Waals surface area contributed by atoms with Gasteiger partial charge in [-0.2, -0.15) is 5.26 Å². The average molecular weight is 231 g/mol. The van der Waals surface area contributed by atoms with Gasteiger partial charge in [-0.05, 0) is 5.41 Å². The molecule has 0 bridgehead atoms. The van der Waals surface area contributed by atoms with E-state index in [-0.39, 0.29) is 5.41 Å². The van der Waals surface area contributed by atoms with Crippen molar-refractivity contribution in [2.45, 2.75) is 20.8 Å². The maximum atomic E-state index is 9.27. The van der Waals surface area contributed by atoms with Gasteiger partial charge in [-0.3, -0.25) is 0 Å². The number of nitrogens with one attached hydrogen (secondary N) is 1. The molecule has 0 unspecified atom stereocenters. The fraction of sp³-hybridized carbons (Fsp3) is 0.571. The minimum absolute atomic E-state index is 0.0127. The number of nitrogens with zero attached hydrogens (tertiary/aromatic N) is 2. The Morgan fingerprint density at radius 1 is 1.35 bits per heavy atom. The standard InChI is InChI=1S/C14H21N3/c1-5-13(17-8-6-16-7-9-17)12(11-15)10-14(2,3)4/h10,16H,1,6-9H2,2-4H3/b12-10+. The highest BCUT2D eigenvalue weighted by molar-refractivity contribution is 5.41. The van der Waals surface area contributed by atoms with Crippen LogP contribution in [0.15, 0.2) is 29.7 Å². The van der Waals surface area contributed by atoms with E-state index < -0.39 is 0 Å². The van der Waals surface area contributed by atoms with E-state index in [0.29, 0.717) is 5.57 Å². The van der Waals surface area contributed by atoms with Crippen LogP contribution >= 0.6 is 0 Å². The van der Waals surface area contributed by atoms with Crippen LogP contribution in [0.3, 0.4) is 0 Å². The third-order valence-corrected chi connectivity index (χ3v) is 2.55. The van der Waals surface area contributed by atoms with Crippen molar-refractivity contribution in [3.63, 3.8) is 0 Å². The normalized spacial score (nSPS) is 17.3. The summed E-state index contributed by atoms with van der Waals surface area (Å²) in [5, 5.41) is 12.6. The van der Waals surface area contributed by atoms with E-state index in [1.807, 2.05) is 6.08 Å². The van der Waals surface area contributed by atoms with Crippen molar-refractivity contribution >= 4 is 0 Å². The van der Waals surface area contributed by atoms with Gasteiger partial charge in [0, 0.05) is 26.2 Å². The van der Waals surface area contributed by atoms with E-state index in [0.717, 1.165) is 31.9 Å². The molecule has 1 heterocycles. The minimum atomic E-state index is -0.0127. The summed E-state index contributed by atoms with van der Waals surface area (Å²) in [5.41, 5.74) is 4.42. The zero-order valence-electron chi connectivity index (χ0n) is 11.0. The lowest BCUT2D eigenvalue weighted by molar-refractivity contribution is 0.305. The van der Waals surface area contributed by atoms with Gasteiger partial charge in [-0.1, -0.05) is 33.4 Å². The third-order valence-electron chi connectivity index (χ3n) is 2.55.